The lowest BCUT2D eigenvalue weighted by Crippen LogP contribution is -2.11. The lowest BCUT2D eigenvalue weighted by atomic mass is 9.93. The molecule has 0 atom stereocenters. The minimum absolute atomic E-state index is 0.886. The molecule has 0 saturated heterocycles. The first kappa shape index (κ1) is 23.1. The van der Waals surface area contributed by atoms with Crippen LogP contribution in [0.3, 0.4) is 0 Å². The second kappa shape index (κ2) is 8.95. The maximum absolute atomic E-state index is 6.35. The van der Waals surface area contributed by atoms with Crippen LogP contribution in [0.15, 0.2) is 156 Å². The molecule has 2 nitrogen and oxygen atoms in total. The highest BCUT2D eigenvalue weighted by atomic mass is 16.3. The molecule has 0 unspecified atom stereocenters. The molecule has 0 bridgehead atoms. The van der Waals surface area contributed by atoms with Crippen molar-refractivity contribution in [1.29, 1.82) is 0 Å². The van der Waals surface area contributed by atoms with Crippen LogP contribution in [0, 0.1) is 0 Å². The van der Waals surface area contributed by atoms with Crippen molar-refractivity contribution in [2.45, 2.75) is 0 Å². The predicted octanol–water partition coefficient (Wildman–Crippen LogP) is 11.6. The summed E-state index contributed by atoms with van der Waals surface area (Å²) >= 11 is 0. The zero-order chi connectivity index (χ0) is 27.6. The first-order valence-corrected chi connectivity index (χ1v) is 14.4. The van der Waals surface area contributed by atoms with Gasteiger partial charge in [-0.1, -0.05) is 115 Å². The summed E-state index contributed by atoms with van der Waals surface area (Å²) in [6.07, 6.45) is 0. The number of furan rings is 1. The Morgan fingerprint density at radius 2 is 1.00 bits per heavy atom. The van der Waals surface area contributed by atoms with Crippen LogP contribution in [0.2, 0.25) is 0 Å². The standard InChI is InChI=1S/C40H25NO/c1-2-8-26(9-3-1)27-18-22-31(23-19-27)41(35-13-7-15-37-40(35)33-12-4-5-14-36(33)42-37)34-25-21-30-17-16-28-10-6-11-29-20-24-32(34)39(30)38(28)29/h1-25H. The molecule has 9 aromatic rings. The fraction of sp³-hybridized carbons (Fsp3) is 0. The van der Waals surface area contributed by atoms with E-state index in [1.165, 1.54) is 43.4 Å². The number of benzene rings is 8. The van der Waals surface area contributed by atoms with Gasteiger partial charge in [-0.25, -0.2) is 0 Å². The molecule has 0 radical (unpaired) electrons. The van der Waals surface area contributed by atoms with E-state index >= 15 is 0 Å². The van der Waals surface area contributed by atoms with E-state index in [1.54, 1.807) is 0 Å². The molecular weight excluding hydrogens is 510 g/mol. The van der Waals surface area contributed by atoms with Crippen molar-refractivity contribution in [3.05, 3.63) is 152 Å². The Kier molecular flexibility index (Phi) is 4.93. The van der Waals surface area contributed by atoms with Crippen molar-refractivity contribution in [2.24, 2.45) is 0 Å². The molecule has 196 valence electrons. The summed E-state index contributed by atoms with van der Waals surface area (Å²) in [4.78, 5) is 2.41. The molecular formula is C40H25NO. The molecule has 0 amide bonds. The highest BCUT2D eigenvalue weighted by Crippen LogP contribution is 2.47. The number of hydrogen-bond donors (Lipinski definition) is 0. The molecule has 0 fully saturated rings. The molecule has 0 spiro atoms. The molecule has 0 saturated carbocycles. The van der Waals surface area contributed by atoms with E-state index in [0.717, 1.165) is 39.0 Å². The van der Waals surface area contributed by atoms with Crippen LogP contribution in [-0.4, -0.2) is 0 Å². The van der Waals surface area contributed by atoms with Crippen LogP contribution < -0.4 is 4.90 Å². The molecule has 0 aliphatic carbocycles. The van der Waals surface area contributed by atoms with Gasteiger partial charge >= 0.3 is 0 Å². The average Bonchev–Trinajstić information content (AvgIpc) is 3.44. The Bertz CT molecular complexity index is 2380. The fourth-order valence-corrected chi connectivity index (χ4v) is 6.70. The summed E-state index contributed by atoms with van der Waals surface area (Å²) in [5.74, 6) is 0. The summed E-state index contributed by atoms with van der Waals surface area (Å²) < 4.78 is 6.35. The summed E-state index contributed by atoms with van der Waals surface area (Å²) in [6, 6.07) is 54.3. The lowest BCUT2D eigenvalue weighted by Gasteiger charge is -2.28. The van der Waals surface area contributed by atoms with E-state index in [0.29, 0.717) is 0 Å². The fourth-order valence-electron chi connectivity index (χ4n) is 6.70. The largest absolute Gasteiger partial charge is 0.456 e. The quantitative estimate of drug-likeness (QED) is 0.208. The van der Waals surface area contributed by atoms with Crippen molar-refractivity contribution >= 4 is 71.3 Å². The minimum atomic E-state index is 0.886. The third-order valence-electron chi connectivity index (χ3n) is 8.60. The monoisotopic (exact) mass is 535 g/mol. The van der Waals surface area contributed by atoms with Gasteiger partial charge in [-0.3, -0.25) is 0 Å². The number of para-hydroxylation sites is 1. The second-order valence-corrected chi connectivity index (χ2v) is 10.9. The third kappa shape index (κ3) is 3.39. The average molecular weight is 536 g/mol. The highest BCUT2D eigenvalue weighted by Gasteiger charge is 2.22. The van der Waals surface area contributed by atoms with Gasteiger partial charge in [0.2, 0.25) is 0 Å². The SMILES string of the molecule is c1ccc(-c2ccc(N(c3ccc4ccc5cccc6ccc3c4c56)c3cccc4oc5ccccc5c34)cc2)cc1. The molecule has 0 aliphatic heterocycles. The van der Waals surface area contributed by atoms with Gasteiger partial charge in [0.15, 0.2) is 0 Å². The molecule has 8 aromatic carbocycles. The van der Waals surface area contributed by atoms with Crippen molar-refractivity contribution < 1.29 is 4.42 Å². The number of nitrogens with zero attached hydrogens (tertiary/aromatic N) is 1. The molecule has 42 heavy (non-hydrogen) atoms. The highest BCUT2D eigenvalue weighted by molar-refractivity contribution is 6.26. The minimum Gasteiger partial charge on any atom is -0.456 e. The number of hydrogen-bond acceptors (Lipinski definition) is 2. The Labute approximate surface area is 243 Å². The van der Waals surface area contributed by atoms with Crippen LogP contribution in [0.4, 0.5) is 17.1 Å². The first-order chi connectivity index (χ1) is 20.8. The summed E-state index contributed by atoms with van der Waals surface area (Å²) in [5.41, 5.74) is 7.53. The maximum atomic E-state index is 6.35. The molecule has 0 N–H and O–H groups in total. The summed E-state index contributed by atoms with van der Waals surface area (Å²) in [5, 5.41) is 9.88. The van der Waals surface area contributed by atoms with Gasteiger partial charge in [-0.2, -0.15) is 0 Å². The second-order valence-electron chi connectivity index (χ2n) is 10.9. The number of anilines is 3. The van der Waals surface area contributed by atoms with Gasteiger partial charge in [0.05, 0.1) is 16.8 Å². The topological polar surface area (TPSA) is 16.4 Å². The van der Waals surface area contributed by atoms with Crippen LogP contribution in [0.5, 0.6) is 0 Å². The van der Waals surface area contributed by atoms with Gasteiger partial charge in [0, 0.05) is 16.5 Å². The lowest BCUT2D eigenvalue weighted by molar-refractivity contribution is 0.669. The maximum Gasteiger partial charge on any atom is 0.137 e. The van der Waals surface area contributed by atoms with Crippen molar-refractivity contribution in [3.63, 3.8) is 0 Å². The van der Waals surface area contributed by atoms with Crippen LogP contribution >= 0.6 is 0 Å². The normalized spacial score (nSPS) is 11.8. The number of rotatable bonds is 4. The Balaban J connectivity index is 1.36. The number of fused-ring (bicyclic) bond motifs is 3. The van der Waals surface area contributed by atoms with E-state index in [1.807, 2.05) is 12.1 Å². The summed E-state index contributed by atoms with van der Waals surface area (Å²) in [6.45, 7) is 0. The van der Waals surface area contributed by atoms with E-state index in [4.69, 9.17) is 4.42 Å². The van der Waals surface area contributed by atoms with Gasteiger partial charge in [-0.05, 0) is 74.5 Å². The molecule has 0 aliphatic rings. The Morgan fingerprint density at radius 3 is 1.83 bits per heavy atom. The van der Waals surface area contributed by atoms with Gasteiger partial charge < -0.3 is 9.32 Å². The molecule has 9 rings (SSSR count). The first-order valence-electron chi connectivity index (χ1n) is 14.4. The Morgan fingerprint density at radius 1 is 0.357 bits per heavy atom. The van der Waals surface area contributed by atoms with E-state index in [-0.39, 0.29) is 0 Å². The van der Waals surface area contributed by atoms with Gasteiger partial charge in [0.25, 0.3) is 0 Å². The summed E-state index contributed by atoms with van der Waals surface area (Å²) in [7, 11) is 0. The molecule has 1 heterocycles. The zero-order valence-corrected chi connectivity index (χ0v) is 22.8. The third-order valence-corrected chi connectivity index (χ3v) is 8.60. The molecule has 2 heteroatoms. The van der Waals surface area contributed by atoms with Crippen LogP contribution in [0.1, 0.15) is 0 Å². The molecule has 1 aromatic heterocycles. The van der Waals surface area contributed by atoms with Crippen molar-refractivity contribution in [2.75, 3.05) is 4.90 Å². The van der Waals surface area contributed by atoms with Gasteiger partial charge in [-0.15, -0.1) is 0 Å². The van der Waals surface area contributed by atoms with Gasteiger partial charge in [0.1, 0.15) is 11.2 Å². The van der Waals surface area contributed by atoms with E-state index < -0.39 is 0 Å². The van der Waals surface area contributed by atoms with Crippen LogP contribution in [0.25, 0.3) is 65.4 Å². The van der Waals surface area contributed by atoms with Crippen molar-refractivity contribution in [3.8, 4) is 11.1 Å². The van der Waals surface area contributed by atoms with E-state index in [2.05, 4.69) is 144 Å². The van der Waals surface area contributed by atoms with E-state index in [9.17, 15) is 0 Å². The van der Waals surface area contributed by atoms with Crippen molar-refractivity contribution in [1.82, 2.24) is 0 Å². The smallest absolute Gasteiger partial charge is 0.137 e. The predicted molar refractivity (Wildman–Crippen MR) is 178 cm³/mol. The zero-order valence-electron chi connectivity index (χ0n) is 22.8. The Hall–Kier alpha value is -5.60. The van der Waals surface area contributed by atoms with Crippen LogP contribution in [-0.2, 0) is 0 Å².